The van der Waals surface area contributed by atoms with Crippen LogP contribution >= 0.6 is 0 Å². The van der Waals surface area contributed by atoms with Crippen molar-refractivity contribution >= 4 is 5.91 Å². The summed E-state index contributed by atoms with van der Waals surface area (Å²) in [5.74, 6) is 0.0108. The van der Waals surface area contributed by atoms with Crippen LogP contribution < -0.4 is 5.73 Å². The number of carbonyl (C=O) groups excluding carboxylic acids is 1. The number of amides is 1. The first kappa shape index (κ1) is 12.2. The summed E-state index contributed by atoms with van der Waals surface area (Å²) in [6.45, 7) is 7.58. The van der Waals surface area contributed by atoms with Gasteiger partial charge in [-0.15, -0.1) is 6.58 Å². The molecule has 1 saturated heterocycles. The van der Waals surface area contributed by atoms with E-state index in [1.165, 1.54) is 0 Å². The molecule has 0 aromatic carbocycles. The maximum absolute atomic E-state index is 11.8. The highest BCUT2D eigenvalue weighted by Gasteiger charge is 2.25. The first-order valence-electron chi connectivity index (χ1n) is 5.45. The van der Waals surface area contributed by atoms with Gasteiger partial charge in [0, 0.05) is 13.1 Å². The minimum atomic E-state index is -0.446. The lowest BCUT2D eigenvalue weighted by Crippen LogP contribution is -2.51. The van der Waals surface area contributed by atoms with Crippen molar-refractivity contribution in [2.45, 2.75) is 31.9 Å². The molecule has 1 aliphatic heterocycles. The van der Waals surface area contributed by atoms with Gasteiger partial charge in [0.2, 0.25) is 5.91 Å². The quantitative estimate of drug-likeness (QED) is 0.691. The van der Waals surface area contributed by atoms with Crippen molar-refractivity contribution in [3.05, 3.63) is 12.7 Å². The van der Waals surface area contributed by atoms with E-state index >= 15 is 0 Å². The fraction of sp³-hybridized carbons (Fsp3) is 0.727. The molecule has 15 heavy (non-hydrogen) atoms. The molecule has 4 nitrogen and oxygen atoms in total. The lowest BCUT2D eigenvalue weighted by molar-refractivity contribution is -0.140. The van der Waals surface area contributed by atoms with Crippen LogP contribution in [-0.4, -0.2) is 42.6 Å². The SMILES string of the molecule is C=CCC(N)C(=O)N1CCOC(CC)C1. The molecule has 2 unspecified atom stereocenters. The number of ether oxygens (including phenoxy) is 1. The molecule has 1 fully saturated rings. The normalized spacial score (nSPS) is 23.6. The van der Waals surface area contributed by atoms with Crippen molar-refractivity contribution < 1.29 is 9.53 Å². The largest absolute Gasteiger partial charge is 0.375 e. The van der Waals surface area contributed by atoms with E-state index in [2.05, 4.69) is 13.5 Å². The van der Waals surface area contributed by atoms with Gasteiger partial charge in [-0.1, -0.05) is 13.0 Å². The molecule has 2 N–H and O–H groups in total. The van der Waals surface area contributed by atoms with Gasteiger partial charge in [-0.05, 0) is 12.8 Å². The summed E-state index contributed by atoms with van der Waals surface area (Å²) in [4.78, 5) is 13.6. The zero-order valence-electron chi connectivity index (χ0n) is 9.32. The highest BCUT2D eigenvalue weighted by Crippen LogP contribution is 2.09. The molecule has 4 heteroatoms. The van der Waals surface area contributed by atoms with Crippen molar-refractivity contribution in [2.24, 2.45) is 5.73 Å². The summed E-state index contributed by atoms with van der Waals surface area (Å²) in [6, 6.07) is -0.446. The second kappa shape index (κ2) is 5.88. The fourth-order valence-electron chi connectivity index (χ4n) is 1.68. The monoisotopic (exact) mass is 212 g/mol. The van der Waals surface area contributed by atoms with Gasteiger partial charge in [0.1, 0.15) is 0 Å². The fourth-order valence-corrected chi connectivity index (χ4v) is 1.68. The third kappa shape index (κ3) is 3.32. The number of rotatable bonds is 4. The first-order chi connectivity index (χ1) is 7.19. The standard InChI is InChI=1S/C11H20N2O2/c1-3-5-10(12)11(14)13-6-7-15-9(4-2)8-13/h3,9-10H,1,4-8,12H2,2H3. The van der Waals surface area contributed by atoms with Crippen LogP contribution in [0.15, 0.2) is 12.7 Å². The van der Waals surface area contributed by atoms with Gasteiger partial charge in [-0.2, -0.15) is 0 Å². The summed E-state index contributed by atoms with van der Waals surface area (Å²) >= 11 is 0. The summed E-state index contributed by atoms with van der Waals surface area (Å²) in [5, 5.41) is 0. The van der Waals surface area contributed by atoms with E-state index < -0.39 is 6.04 Å². The average Bonchev–Trinajstić information content (AvgIpc) is 2.28. The Morgan fingerprint density at radius 3 is 3.13 bits per heavy atom. The van der Waals surface area contributed by atoms with Crippen molar-refractivity contribution in [2.75, 3.05) is 19.7 Å². The molecule has 0 bridgehead atoms. The third-order valence-electron chi connectivity index (χ3n) is 2.64. The van der Waals surface area contributed by atoms with Crippen molar-refractivity contribution in [1.82, 2.24) is 4.90 Å². The van der Waals surface area contributed by atoms with Gasteiger partial charge in [0.05, 0.1) is 18.8 Å². The zero-order chi connectivity index (χ0) is 11.3. The van der Waals surface area contributed by atoms with E-state index in [1.54, 1.807) is 11.0 Å². The summed E-state index contributed by atoms with van der Waals surface area (Å²) < 4.78 is 5.49. The predicted molar refractivity (Wildman–Crippen MR) is 59.4 cm³/mol. The predicted octanol–water partition coefficient (Wildman–Crippen LogP) is 0.527. The number of nitrogens with two attached hydrogens (primary N) is 1. The number of nitrogens with zero attached hydrogens (tertiary/aromatic N) is 1. The Labute approximate surface area is 91.1 Å². The van der Waals surface area contributed by atoms with Crippen LogP contribution in [0.5, 0.6) is 0 Å². The van der Waals surface area contributed by atoms with Crippen molar-refractivity contribution in [3.8, 4) is 0 Å². The van der Waals surface area contributed by atoms with Crippen molar-refractivity contribution in [3.63, 3.8) is 0 Å². The minimum Gasteiger partial charge on any atom is -0.375 e. The molecule has 1 rings (SSSR count). The number of hydrogen-bond acceptors (Lipinski definition) is 3. The molecule has 0 radical (unpaired) electrons. The Hall–Kier alpha value is -0.870. The van der Waals surface area contributed by atoms with Gasteiger partial charge in [0.25, 0.3) is 0 Å². The lowest BCUT2D eigenvalue weighted by atomic mass is 10.1. The van der Waals surface area contributed by atoms with Crippen LogP contribution in [0.4, 0.5) is 0 Å². The topological polar surface area (TPSA) is 55.6 Å². The number of morpholine rings is 1. The van der Waals surface area contributed by atoms with Crippen LogP contribution in [0.2, 0.25) is 0 Å². The Bertz CT molecular complexity index is 231. The van der Waals surface area contributed by atoms with Gasteiger partial charge < -0.3 is 15.4 Å². The molecule has 0 aromatic heterocycles. The second-order valence-electron chi connectivity index (χ2n) is 3.82. The Kier molecular flexibility index (Phi) is 4.78. The summed E-state index contributed by atoms with van der Waals surface area (Å²) in [7, 11) is 0. The maximum atomic E-state index is 11.8. The smallest absolute Gasteiger partial charge is 0.239 e. The van der Waals surface area contributed by atoms with E-state index in [4.69, 9.17) is 10.5 Å². The molecule has 0 spiro atoms. The van der Waals surface area contributed by atoms with Crippen LogP contribution in [0.25, 0.3) is 0 Å². The number of carbonyl (C=O) groups is 1. The van der Waals surface area contributed by atoms with Crippen LogP contribution in [-0.2, 0) is 9.53 Å². The van der Waals surface area contributed by atoms with Gasteiger partial charge in [-0.25, -0.2) is 0 Å². The minimum absolute atomic E-state index is 0.0108. The van der Waals surface area contributed by atoms with E-state index in [0.29, 0.717) is 26.1 Å². The van der Waals surface area contributed by atoms with E-state index in [9.17, 15) is 4.79 Å². The molecule has 0 saturated carbocycles. The van der Waals surface area contributed by atoms with E-state index in [0.717, 1.165) is 6.42 Å². The molecular weight excluding hydrogens is 192 g/mol. The molecule has 2 atom stereocenters. The highest BCUT2D eigenvalue weighted by molar-refractivity contribution is 5.81. The van der Waals surface area contributed by atoms with Gasteiger partial charge in [-0.3, -0.25) is 4.79 Å². The maximum Gasteiger partial charge on any atom is 0.239 e. The highest BCUT2D eigenvalue weighted by atomic mass is 16.5. The third-order valence-corrected chi connectivity index (χ3v) is 2.64. The first-order valence-corrected chi connectivity index (χ1v) is 5.45. The van der Waals surface area contributed by atoms with Gasteiger partial charge >= 0.3 is 0 Å². The molecule has 1 aliphatic rings. The van der Waals surface area contributed by atoms with Gasteiger partial charge in [0.15, 0.2) is 0 Å². The lowest BCUT2D eigenvalue weighted by Gasteiger charge is -2.33. The number of hydrogen-bond donors (Lipinski definition) is 1. The summed E-state index contributed by atoms with van der Waals surface area (Å²) in [5.41, 5.74) is 5.74. The van der Waals surface area contributed by atoms with Crippen LogP contribution in [0.3, 0.4) is 0 Å². The zero-order valence-corrected chi connectivity index (χ0v) is 9.32. The van der Waals surface area contributed by atoms with Crippen LogP contribution in [0.1, 0.15) is 19.8 Å². The van der Waals surface area contributed by atoms with E-state index in [1.807, 2.05) is 0 Å². The average molecular weight is 212 g/mol. The molecule has 1 heterocycles. The second-order valence-corrected chi connectivity index (χ2v) is 3.82. The summed E-state index contributed by atoms with van der Waals surface area (Å²) in [6.07, 6.45) is 3.31. The Morgan fingerprint density at radius 2 is 2.53 bits per heavy atom. The van der Waals surface area contributed by atoms with E-state index in [-0.39, 0.29) is 12.0 Å². The molecule has 86 valence electrons. The Balaban J connectivity index is 2.47. The van der Waals surface area contributed by atoms with Crippen LogP contribution in [0, 0.1) is 0 Å². The van der Waals surface area contributed by atoms with Crippen molar-refractivity contribution in [1.29, 1.82) is 0 Å². The molecule has 0 aromatic rings. The Morgan fingerprint density at radius 1 is 1.80 bits per heavy atom. The molecule has 0 aliphatic carbocycles. The molecular formula is C11H20N2O2. The molecule has 1 amide bonds.